The average molecular weight is 404 g/mol. The molecule has 3 N–H and O–H groups in total. The molecule has 11 nitrogen and oxygen atoms in total. The molecule has 3 rings (SSSR count). The predicted octanol–water partition coefficient (Wildman–Crippen LogP) is -0.679. The smallest absolute Gasteiger partial charge is 0.167 e. The molecular formula is C13H19N5O6PS-. The number of nitrogens with zero attached hydrogens (tertiary/aromatic N) is 4. The molecule has 4 atom stereocenters. The lowest BCUT2D eigenvalue weighted by atomic mass is 10.2. The van der Waals surface area contributed by atoms with Crippen molar-refractivity contribution >= 4 is 35.5 Å². The Bertz CT molecular complexity index is 800. The van der Waals surface area contributed by atoms with Crippen molar-refractivity contribution in [1.29, 1.82) is 0 Å². The molecule has 144 valence electrons. The van der Waals surface area contributed by atoms with Gasteiger partial charge in [-0.3, -0.25) is 4.57 Å². The van der Waals surface area contributed by atoms with Gasteiger partial charge in [-0.1, -0.05) is 11.8 Å². The Morgan fingerprint density at radius 2 is 2.27 bits per heavy atom. The Hall–Kier alpha value is -1.24. The monoisotopic (exact) mass is 404 g/mol. The first-order valence-corrected chi connectivity index (χ1v) is 10.4. The third-order valence-corrected chi connectivity index (χ3v) is 4.64. The first kappa shape index (κ1) is 19.5. The van der Waals surface area contributed by atoms with E-state index in [-0.39, 0.29) is 18.5 Å². The minimum absolute atomic E-state index is 0.123. The van der Waals surface area contributed by atoms with E-state index in [4.69, 9.17) is 29.4 Å². The fraction of sp³-hybridized carbons (Fsp3) is 0.615. The average Bonchev–Trinajstić information content (AvgIpc) is 3.17. The molecule has 0 aliphatic carbocycles. The standard InChI is InChI=1S/C13H20N5O6PS/c1-21-2-3-22-9-4-8(5-23-25(19,20)26)24-13(9)18-7-17-10-11(14)15-6-16-12(10)18/h6-9,13H,2-5H2,1H3,(H2,14,15,16)(H2,19,20,26)/p-1/t8-,9-,13+/m0/s1. The van der Waals surface area contributed by atoms with Crippen LogP contribution >= 0.6 is 6.72 Å². The second kappa shape index (κ2) is 8.19. The number of nitrogen functional groups attached to an aromatic ring is 1. The zero-order valence-corrected chi connectivity index (χ0v) is 15.6. The molecule has 26 heavy (non-hydrogen) atoms. The maximum absolute atomic E-state index is 11.2. The number of methoxy groups -OCH3 is 1. The lowest BCUT2D eigenvalue weighted by molar-refractivity contribution is -0.204. The Labute approximate surface area is 154 Å². The number of hydrogen-bond donors (Lipinski definition) is 2. The van der Waals surface area contributed by atoms with E-state index >= 15 is 0 Å². The minimum atomic E-state index is -4.00. The van der Waals surface area contributed by atoms with E-state index in [1.165, 1.54) is 6.33 Å². The van der Waals surface area contributed by atoms with E-state index in [1.807, 2.05) is 0 Å². The summed E-state index contributed by atoms with van der Waals surface area (Å²) in [4.78, 5) is 32.7. The summed E-state index contributed by atoms with van der Waals surface area (Å²) in [5.41, 5.74) is 6.77. The van der Waals surface area contributed by atoms with Crippen molar-refractivity contribution in [2.45, 2.75) is 24.9 Å². The number of ether oxygens (including phenoxy) is 3. The second-order valence-corrected chi connectivity index (χ2v) is 8.21. The van der Waals surface area contributed by atoms with Crippen LogP contribution in [-0.2, 0) is 30.5 Å². The Balaban J connectivity index is 1.81. The van der Waals surface area contributed by atoms with Crippen LogP contribution in [0.1, 0.15) is 12.6 Å². The van der Waals surface area contributed by atoms with Crippen LogP contribution in [0.3, 0.4) is 0 Å². The summed E-state index contributed by atoms with van der Waals surface area (Å²) in [5, 5.41) is 0. The van der Waals surface area contributed by atoms with Crippen LogP contribution in [0.2, 0.25) is 0 Å². The molecule has 1 fully saturated rings. The molecule has 0 saturated carbocycles. The van der Waals surface area contributed by atoms with Crippen molar-refractivity contribution in [1.82, 2.24) is 19.5 Å². The largest absolute Gasteiger partial charge is 0.780 e. The van der Waals surface area contributed by atoms with E-state index in [1.54, 1.807) is 18.0 Å². The zero-order chi connectivity index (χ0) is 18.7. The summed E-state index contributed by atoms with van der Waals surface area (Å²) in [7, 11) is 1.58. The highest BCUT2D eigenvalue weighted by molar-refractivity contribution is 8.06. The normalized spacial score (nSPS) is 25.6. The Kier molecular flexibility index (Phi) is 6.15. The van der Waals surface area contributed by atoms with Gasteiger partial charge in [0.15, 0.2) is 17.7 Å². The van der Waals surface area contributed by atoms with Gasteiger partial charge < -0.3 is 34.3 Å². The van der Waals surface area contributed by atoms with E-state index in [2.05, 4.69) is 26.8 Å². The molecule has 1 aliphatic rings. The fourth-order valence-corrected chi connectivity index (χ4v) is 3.27. The number of hydrogen-bond acceptors (Lipinski definition) is 10. The second-order valence-electron chi connectivity index (χ2n) is 5.63. The molecule has 0 spiro atoms. The molecule has 2 aromatic rings. The van der Waals surface area contributed by atoms with Gasteiger partial charge in [0, 0.05) is 13.5 Å². The molecule has 0 bridgehead atoms. The van der Waals surface area contributed by atoms with Crippen molar-refractivity contribution in [2.24, 2.45) is 0 Å². The quantitative estimate of drug-likeness (QED) is 0.425. The van der Waals surface area contributed by atoms with Crippen molar-refractivity contribution < 1.29 is 28.5 Å². The van der Waals surface area contributed by atoms with Crippen LogP contribution in [0.4, 0.5) is 5.82 Å². The van der Waals surface area contributed by atoms with Crippen molar-refractivity contribution in [2.75, 3.05) is 32.7 Å². The third kappa shape index (κ3) is 4.53. The summed E-state index contributed by atoms with van der Waals surface area (Å²) in [6.07, 6.45) is 1.90. The lowest BCUT2D eigenvalue weighted by Gasteiger charge is -2.22. The summed E-state index contributed by atoms with van der Waals surface area (Å²) < 4.78 is 23.3. The fourth-order valence-electron chi connectivity index (χ4n) is 2.73. The highest BCUT2D eigenvalue weighted by Crippen LogP contribution is 2.37. The lowest BCUT2D eigenvalue weighted by Crippen LogP contribution is -2.24. The molecule has 2 aromatic heterocycles. The molecule has 1 unspecified atom stereocenters. The van der Waals surface area contributed by atoms with Gasteiger partial charge in [-0.15, -0.1) is 0 Å². The number of fused-ring (bicyclic) bond motifs is 1. The van der Waals surface area contributed by atoms with Gasteiger partial charge >= 0.3 is 0 Å². The number of aromatic nitrogens is 4. The van der Waals surface area contributed by atoms with Gasteiger partial charge in [0.1, 0.15) is 24.7 Å². The zero-order valence-electron chi connectivity index (χ0n) is 13.9. The van der Waals surface area contributed by atoms with Crippen LogP contribution in [-0.4, -0.2) is 63.6 Å². The van der Waals surface area contributed by atoms with Crippen LogP contribution in [0.15, 0.2) is 12.7 Å². The van der Waals surface area contributed by atoms with Crippen molar-refractivity contribution in [3.63, 3.8) is 0 Å². The van der Waals surface area contributed by atoms with Crippen molar-refractivity contribution in [3.8, 4) is 0 Å². The Morgan fingerprint density at radius 1 is 1.46 bits per heavy atom. The maximum atomic E-state index is 11.2. The molecule has 0 amide bonds. The minimum Gasteiger partial charge on any atom is -0.780 e. The van der Waals surface area contributed by atoms with Crippen molar-refractivity contribution in [3.05, 3.63) is 12.7 Å². The molecule has 0 radical (unpaired) electrons. The SMILES string of the molecule is COCCO[C@H]1C[C@@H](COP([O-])(O)=S)O[C@H]1n1cnc2c(N)ncnc21. The molecule has 0 aromatic carbocycles. The predicted molar refractivity (Wildman–Crippen MR) is 92.3 cm³/mol. The van der Waals surface area contributed by atoms with E-state index in [0.29, 0.717) is 30.8 Å². The summed E-state index contributed by atoms with van der Waals surface area (Å²) >= 11 is 4.36. The maximum Gasteiger partial charge on any atom is 0.167 e. The first-order chi connectivity index (χ1) is 12.4. The topological polar surface area (TPSA) is 150 Å². The van der Waals surface area contributed by atoms with Gasteiger partial charge in [0.05, 0.1) is 32.3 Å². The van der Waals surface area contributed by atoms with Gasteiger partial charge in [-0.05, 0) is 0 Å². The summed E-state index contributed by atoms with van der Waals surface area (Å²) in [6.45, 7) is -3.35. The van der Waals surface area contributed by atoms with E-state index < -0.39 is 19.1 Å². The number of imidazole rings is 1. The molecule has 1 aliphatic heterocycles. The molecular weight excluding hydrogens is 385 g/mol. The van der Waals surface area contributed by atoms with Crippen LogP contribution in [0, 0.1) is 0 Å². The van der Waals surface area contributed by atoms with Gasteiger partial charge in [0.2, 0.25) is 0 Å². The van der Waals surface area contributed by atoms with Crippen LogP contribution in [0.5, 0.6) is 0 Å². The van der Waals surface area contributed by atoms with Gasteiger partial charge in [-0.25, -0.2) is 15.0 Å². The van der Waals surface area contributed by atoms with Gasteiger partial charge in [0.25, 0.3) is 0 Å². The number of nitrogens with two attached hydrogens (primary N) is 1. The number of anilines is 1. The van der Waals surface area contributed by atoms with Crippen LogP contribution in [0.25, 0.3) is 11.2 Å². The molecule has 1 saturated heterocycles. The molecule has 13 heteroatoms. The molecule has 3 heterocycles. The van der Waals surface area contributed by atoms with Crippen LogP contribution < -0.4 is 10.6 Å². The highest BCUT2D eigenvalue weighted by atomic mass is 32.5. The van der Waals surface area contributed by atoms with E-state index in [0.717, 1.165) is 0 Å². The number of rotatable bonds is 8. The third-order valence-electron chi connectivity index (χ3n) is 3.85. The summed E-state index contributed by atoms with van der Waals surface area (Å²) in [5.74, 6) is 0.260. The highest BCUT2D eigenvalue weighted by Gasteiger charge is 2.38. The summed E-state index contributed by atoms with van der Waals surface area (Å²) in [6, 6.07) is 0. The Morgan fingerprint density at radius 3 is 3.00 bits per heavy atom. The van der Waals surface area contributed by atoms with E-state index in [9.17, 15) is 4.89 Å². The van der Waals surface area contributed by atoms with Gasteiger partial charge in [-0.2, -0.15) is 0 Å². The first-order valence-electron chi connectivity index (χ1n) is 7.76.